The molecule has 184 valence electrons. The standard InChI is InChI=1S/C26H24N4O6/c1-27(2)17-9-7-16(8-10-17)23-22-24(36-29(23)19-5-4-6-20(15-19)30(33)34)26(32)28(25(22)31)18-11-13-21(35-3)14-12-18/h4-15,22-24H,1-3H3/t22-,23+,24-/m1/s1. The Morgan fingerprint density at radius 1 is 0.944 bits per heavy atom. The maximum atomic E-state index is 13.7. The van der Waals surface area contributed by atoms with Crippen molar-refractivity contribution in [3.05, 3.63) is 88.5 Å². The third kappa shape index (κ3) is 3.81. The third-order valence-electron chi connectivity index (χ3n) is 6.49. The Bertz CT molecular complexity index is 1330. The maximum Gasteiger partial charge on any atom is 0.271 e. The smallest absolute Gasteiger partial charge is 0.271 e. The zero-order valence-electron chi connectivity index (χ0n) is 19.9. The summed E-state index contributed by atoms with van der Waals surface area (Å²) in [5, 5.41) is 12.8. The highest BCUT2D eigenvalue weighted by Crippen LogP contribution is 2.48. The van der Waals surface area contributed by atoms with Crippen molar-refractivity contribution in [3.63, 3.8) is 0 Å². The molecule has 2 amide bonds. The van der Waals surface area contributed by atoms with Gasteiger partial charge in [0.25, 0.3) is 11.6 Å². The number of nitro groups is 1. The predicted octanol–water partition coefficient (Wildman–Crippen LogP) is 3.72. The molecule has 0 unspecified atom stereocenters. The lowest BCUT2D eigenvalue weighted by molar-refractivity contribution is -0.384. The van der Waals surface area contributed by atoms with Crippen molar-refractivity contribution in [1.29, 1.82) is 0 Å². The van der Waals surface area contributed by atoms with Crippen LogP contribution in [0.25, 0.3) is 0 Å². The van der Waals surface area contributed by atoms with Gasteiger partial charge in [-0.1, -0.05) is 18.2 Å². The van der Waals surface area contributed by atoms with Crippen LogP contribution >= 0.6 is 0 Å². The van der Waals surface area contributed by atoms with Gasteiger partial charge in [0.05, 0.1) is 29.4 Å². The summed E-state index contributed by atoms with van der Waals surface area (Å²) < 4.78 is 5.18. The van der Waals surface area contributed by atoms with Crippen LogP contribution in [-0.2, 0) is 14.4 Å². The number of rotatable bonds is 6. The number of ether oxygens (including phenoxy) is 1. The molecule has 0 spiro atoms. The van der Waals surface area contributed by atoms with Gasteiger partial charge in [-0.2, -0.15) is 0 Å². The minimum absolute atomic E-state index is 0.118. The topological polar surface area (TPSA) is 105 Å². The molecule has 0 bridgehead atoms. The van der Waals surface area contributed by atoms with Crippen LogP contribution in [0.15, 0.2) is 72.8 Å². The van der Waals surface area contributed by atoms with Crippen molar-refractivity contribution in [2.75, 3.05) is 36.1 Å². The van der Waals surface area contributed by atoms with E-state index in [1.807, 2.05) is 43.3 Å². The highest BCUT2D eigenvalue weighted by Gasteiger charge is 2.60. The molecule has 10 nitrogen and oxygen atoms in total. The molecule has 0 radical (unpaired) electrons. The number of nitrogens with zero attached hydrogens (tertiary/aromatic N) is 4. The van der Waals surface area contributed by atoms with Gasteiger partial charge in [-0.25, -0.2) is 9.96 Å². The first-order valence-corrected chi connectivity index (χ1v) is 11.3. The molecule has 2 aliphatic heterocycles. The molecule has 3 atom stereocenters. The minimum atomic E-state index is -1.07. The van der Waals surface area contributed by atoms with Gasteiger partial charge in [-0.05, 0) is 48.0 Å². The van der Waals surface area contributed by atoms with Crippen LogP contribution < -0.4 is 19.6 Å². The Hall–Kier alpha value is -4.44. The van der Waals surface area contributed by atoms with Gasteiger partial charge in [0.2, 0.25) is 5.91 Å². The fourth-order valence-corrected chi connectivity index (χ4v) is 4.68. The largest absolute Gasteiger partial charge is 0.497 e. The summed E-state index contributed by atoms with van der Waals surface area (Å²) in [7, 11) is 5.38. The van der Waals surface area contributed by atoms with E-state index in [0.717, 1.165) is 16.2 Å². The van der Waals surface area contributed by atoms with Gasteiger partial charge >= 0.3 is 0 Å². The van der Waals surface area contributed by atoms with Crippen molar-refractivity contribution >= 4 is 34.6 Å². The average Bonchev–Trinajstić information content (AvgIpc) is 3.40. The van der Waals surface area contributed by atoms with Crippen molar-refractivity contribution < 1.29 is 24.1 Å². The number of hydrogen-bond donors (Lipinski definition) is 0. The predicted molar refractivity (Wildman–Crippen MR) is 133 cm³/mol. The van der Waals surface area contributed by atoms with Crippen LogP contribution in [0, 0.1) is 16.0 Å². The number of nitro benzene ring substituents is 1. The van der Waals surface area contributed by atoms with E-state index in [4.69, 9.17) is 9.57 Å². The van der Waals surface area contributed by atoms with Gasteiger partial charge in [-0.15, -0.1) is 0 Å². The highest BCUT2D eigenvalue weighted by atomic mass is 16.7. The minimum Gasteiger partial charge on any atom is -0.497 e. The summed E-state index contributed by atoms with van der Waals surface area (Å²) in [5.74, 6) is -1.13. The van der Waals surface area contributed by atoms with E-state index in [1.54, 1.807) is 36.4 Å². The number of benzene rings is 3. The second-order valence-electron chi connectivity index (χ2n) is 8.80. The van der Waals surface area contributed by atoms with E-state index in [1.165, 1.54) is 24.3 Å². The second-order valence-corrected chi connectivity index (χ2v) is 8.80. The van der Waals surface area contributed by atoms with Crippen LogP contribution in [0.3, 0.4) is 0 Å². The molecule has 2 heterocycles. The van der Waals surface area contributed by atoms with Crippen LogP contribution in [-0.4, -0.2) is 44.0 Å². The number of non-ortho nitro benzene ring substituents is 1. The fourth-order valence-electron chi connectivity index (χ4n) is 4.68. The third-order valence-corrected chi connectivity index (χ3v) is 6.49. The van der Waals surface area contributed by atoms with Gasteiger partial charge in [0, 0.05) is 31.9 Å². The van der Waals surface area contributed by atoms with E-state index in [0.29, 0.717) is 17.1 Å². The van der Waals surface area contributed by atoms with Gasteiger partial charge in [0.1, 0.15) is 11.7 Å². The SMILES string of the molecule is COc1ccc(N2C(=O)[C@H]3[C@@H](ON(c4cccc([N+](=O)[O-])c4)[C@H]3c3ccc(N(C)C)cc3)C2=O)cc1. The van der Waals surface area contributed by atoms with E-state index in [-0.39, 0.29) is 5.69 Å². The second kappa shape index (κ2) is 8.97. The van der Waals surface area contributed by atoms with Crippen molar-refractivity contribution in [2.24, 2.45) is 5.92 Å². The summed E-state index contributed by atoms with van der Waals surface area (Å²) in [4.78, 5) is 47.2. The molecule has 2 saturated heterocycles. The number of hydroxylamine groups is 1. The summed E-state index contributed by atoms with van der Waals surface area (Å²) >= 11 is 0. The van der Waals surface area contributed by atoms with Crippen molar-refractivity contribution in [1.82, 2.24) is 0 Å². The fraction of sp³-hybridized carbons (Fsp3) is 0.231. The van der Waals surface area contributed by atoms with Crippen LogP contribution in [0.5, 0.6) is 5.75 Å². The molecule has 36 heavy (non-hydrogen) atoms. The Kier molecular flexibility index (Phi) is 5.81. The number of imide groups is 1. The molecule has 2 aliphatic rings. The van der Waals surface area contributed by atoms with Gasteiger partial charge in [0.15, 0.2) is 6.10 Å². The molecular formula is C26H24N4O6. The Balaban J connectivity index is 1.57. The summed E-state index contributed by atoms with van der Waals surface area (Å²) in [5.41, 5.74) is 2.40. The molecule has 3 aromatic rings. The molecule has 3 aromatic carbocycles. The molecule has 0 N–H and O–H groups in total. The molecule has 10 heteroatoms. The number of fused-ring (bicyclic) bond motifs is 1. The number of carbonyl (C=O) groups excluding carboxylic acids is 2. The molecule has 5 rings (SSSR count). The van der Waals surface area contributed by atoms with Crippen LogP contribution in [0.2, 0.25) is 0 Å². The van der Waals surface area contributed by atoms with Crippen LogP contribution in [0.4, 0.5) is 22.7 Å². The number of anilines is 3. The first kappa shape index (κ1) is 23.3. The molecule has 0 aromatic heterocycles. The summed E-state index contributed by atoms with van der Waals surface area (Å²) in [6.45, 7) is 0. The lowest BCUT2D eigenvalue weighted by Gasteiger charge is -2.29. The van der Waals surface area contributed by atoms with Gasteiger partial charge < -0.3 is 9.64 Å². The summed E-state index contributed by atoms with van der Waals surface area (Å²) in [6, 6.07) is 19.5. The Labute approximate surface area is 207 Å². The van der Waals surface area contributed by atoms with E-state index in [2.05, 4.69) is 0 Å². The first-order valence-electron chi connectivity index (χ1n) is 11.3. The quantitative estimate of drug-likeness (QED) is 0.294. The monoisotopic (exact) mass is 488 g/mol. The lowest BCUT2D eigenvalue weighted by atomic mass is 9.90. The van der Waals surface area contributed by atoms with Crippen molar-refractivity contribution in [2.45, 2.75) is 12.1 Å². The van der Waals surface area contributed by atoms with E-state index in [9.17, 15) is 19.7 Å². The molecule has 2 fully saturated rings. The highest BCUT2D eigenvalue weighted by molar-refractivity contribution is 6.23. The van der Waals surface area contributed by atoms with Crippen molar-refractivity contribution in [3.8, 4) is 5.75 Å². The zero-order chi connectivity index (χ0) is 25.6. The average molecular weight is 489 g/mol. The molecule has 0 aliphatic carbocycles. The number of hydrogen-bond acceptors (Lipinski definition) is 8. The molecule has 0 saturated carbocycles. The number of carbonyl (C=O) groups is 2. The Morgan fingerprint density at radius 3 is 2.25 bits per heavy atom. The zero-order valence-corrected chi connectivity index (χ0v) is 19.9. The van der Waals surface area contributed by atoms with Gasteiger partial charge in [-0.3, -0.25) is 24.5 Å². The number of amides is 2. The van der Waals surface area contributed by atoms with E-state index >= 15 is 0 Å². The Morgan fingerprint density at radius 2 is 1.64 bits per heavy atom. The number of methoxy groups -OCH3 is 1. The maximum absolute atomic E-state index is 13.7. The molecular weight excluding hydrogens is 464 g/mol. The first-order chi connectivity index (χ1) is 17.3. The normalized spacial score (nSPS) is 21.0. The van der Waals surface area contributed by atoms with E-state index < -0.39 is 34.8 Å². The van der Waals surface area contributed by atoms with Crippen LogP contribution in [0.1, 0.15) is 11.6 Å². The lowest BCUT2D eigenvalue weighted by Crippen LogP contribution is -2.37. The summed E-state index contributed by atoms with van der Waals surface area (Å²) in [6.07, 6.45) is -1.07.